The number of fused-ring (bicyclic) bond motifs is 1. The van der Waals surface area contributed by atoms with Crippen LogP contribution in [-0.2, 0) is 19.4 Å². The molecule has 0 unspecified atom stereocenters. The third-order valence-corrected chi connectivity index (χ3v) is 7.49. The number of carboxylic acid groups (broad SMARTS) is 1. The van der Waals surface area contributed by atoms with Crippen molar-refractivity contribution in [3.8, 4) is 5.75 Å². The van der Waals surface area contributed by atoms with E-state index >= 15 is 0 Å². The molecule has 5 heteroatoms. The molecule has 2 fully saturated rings. The van der Waals surface area contributed by atoms with Gasteiger partial charge in [0, 0.05) is 32.5 Å². The highest BCUT2D eigenvalue weighted by atomic mass is 16.5. The van der Waals surface area contributed by atoms with Gasteiger partial charge in [0.15, 0.2) is 0 Å². The zero-order valence-corrected chi connectivity index (χ0v) is 18.1. The summed E-state index contributed by atoms with van der Waals surface area (Å²) in [5.74, 6) is 0.950. The molecule has 2 aliphatic heterocycles. The molecule has 0 saturated carbocycles. The molecule has 0 radical (unpaired) electrons. The average Bonchev–Trinajstić information content (AvgIpc) is 3.14. The van der Waals surface area contributed by atoms with Crippen LogP contribution in [0, 0.1) is 5.41 Å². The summed E-state index contributed by atoms with van der Waals surface area (Å²) < 4.78 is 6.24. The summed E-state index contributed by atoms with van der Waals surface area (Å²) >= 11 is 0. The zero-order chi connectivity index (χ0) is 21.3. The molecule has 2 heterocycles. The summed E-state index contributed by atoms with van der Waals surface area (Å²) in [6, 6.07) is 17.4. The number of hydrogen-bond acceptors (Lipinski definition) is 3. The van der Waals surface area contributed by atoms with E-state index in [0.717, 1.165) is 31.6 Å². The van der Waals surface area contributed by atoms with Crippen LogP contribution >= 0.6 is 0 Å². The second kappa shape index (κ2) is 8.54. The number of piperidine rings is 2. The molecule has 2 saturated heterocycles. The highest BCUT2D eigenvalue weighted by Gasteiger charge is 2.40. The van der Waals surface area contributed by atoms with Crippen LogP contribution in [0.5, 0.6) is 5.75 Å². The van der Waals surface area contributed by atoms with Crippen molar-refractivity contribution in [3.63, 3.8) is 0 Å². The fourth-order valence-corrected chi connectivity index (χ4v) is 5.62. The molecule has 1 amide bonds. The van der Waals surface area contributed by atoms with Gasteiger partial charge in [0.1, 0.15) is 11.9 Å². The molecule has 0 aromatic heterocycles. The quantitative estimate of drug-likeness (QED) is 0.786. The summed E-state index contributed by atoms with van der Waals surface area (Å²) in [7, 11) is 0. The smallest absolute Gasteiger partial charge is 0.407 e. The first kappa shape index (κ1) is 20.4. The second-order valence-electron chi connectivity index (χ2n) is 9.63. The van der Waals surface area contributed by atoms with Crippen molar-refractivity contribution in [1.29, 1.82) is 0 Å². The maximum absolute atomic E-state index is 11.1. The number of carbonyl (C=O) groups is 1. The van der Waals surface area contributed by atoms with Crippen LogP contribution in [-0.4, -0.2) is 53.3 Å². The Bertz CT molecular complexity index is 914. The largest absolute Gasteiger partial charge is 0.490 e. The second-order valence-corrected chi connectivity index (χ2v) is 9.63. The molecule has 2 aromatic carbocycles. The molecule has 5 nitrogen and oxygen atoms in total. The SMILES string of the molecule is O=C(O)N1CCC(Oc2ccc3c(c2)CC2(CCN(Cc4ccccc4)CC2)C3)CC1. The summed E-state index contributed by atoms with van der Waals surface area (Å²) in [4.78, 5) is 15.2. The third kappa shape index (κ3) is 4.57. The van der Waals surface area contributed by atoms with Crippen molar-refractivity contribution < 1.29 is 14.6 Å². The molecule has 0 bridgehead atoms. The molecular formula is C26H32N2O3. The molecule has 1 N–H and O–H groups in total. The lowest BCUT2D eigenvalue weighted by Crippen LogP contribution is -2.41. The first-order valence-electron chi connectivity index (χ1n) is 11.6. The summed E-state index contributed by atoms with van der Waals surface area (Å²) in [6.07, 6.45) is 5.71. The van der Waals surface area contributed by atoms with E-state index in [4.69, 9.17) is 9.84 Å². The van der Waals surface area contributed by atoms with Gasteiger partial charge in [0.25, 0.3) is 0 Å². The van der Waals surface area contributed by atoms with Crippen LogP contribution in [0.4, 0.5) is 4.79 Å². The molecule has 3 aliphatic rings. The first-order chi connectivity index (χ1) is 15.1. The highest BCUT2D eigenvalue weighted by Crippen LogP contribution is 2.45. The first-order valence-corrected chi connectivity index (χ1v) is 11.6. The van der Waals surface area contributed by atoms with E-state index in [1.165, 1.54) is 53.9 Å². The van der Waals surface area contributed by atoms with Crippen molar-refractivity contribution in [2.45, 2.75) is 51.2 Å². The van der Waals surface area contributed by atoms with Gasteiger partial charge >= 0.3 is 6.09 Å². The van der Waals surface area contributed by atoms with Crippen LogP contribution in [0.2, 0.25) is 0 Å². The fourth-order valence-electron chi connectivity index (χ4n) is 5.62. The molecule has 1 spiro atoms. The monoisotopic (exact) mass is 420 g/mol. The van der Waals surface area contributed by atoms with Gasteiger partial charge in [0.05, 0.1) is 0 Å². The average molecular weight is 421 g/mol. The van der Waals surface area contributed by atoms with E-state index in [1.54, 1.807) is 0 Å². The molecule has 0 atom stereocenters. The van der Waals surface area contributed by atoms with Crippen molar-refractivity contribution >= 4 is 6.09 Å². The van der Waals surface area contributed by atoms with Crippen molar-refractivity contribution in [2.24, 2.45) is 5.41 Å². The third-order valence-electron chi connectivity index (χ3n) is 7.49. The molecule has 5 rings (SSSR count). The van der Waals surface area contributed by atoms with Gasteiger partial charge in [0.2, 0.25) is 0 Å². The van der Waals surface area contributed by atoms with Gasteiger partial charge < -0.3 is 14.7 Å². The molecule has 31 heavy (non-hydrogen) atoms. The standard InChI is InChI=1S/C26H32N2O3/c29-25(30)28-12-8-23(9-13-28)31-24-7-6-21-17-26(18-22(21)16-24)10-14-27(15-11-26)19-20-4-2-1-3-5-20/h1-7,16,23H,8-15,17-19H2,(H,29,30). The minimum atomic E-state index is -0.823. The Balaban J connectivity index is 1.16. The minimum absolute atomic E-state index is 0.116. The Morgan fingerprint density at radius 3 is 2.39 bits per heavy atom. The van der Waals surface area contributed by atoms with Gasteiger partial charge in [-0.1, -0.05) is 36.4 Å². The van der Waals surface area contributed by atoms with Gasteiger partial charge in [-0.25, -0.2) is 4.79 Å². The van der Waals surface area contributed by atoms with E-state index in [1.807, 2.05) is 0 Å². The number of hydrogen-bond donors (Lipinski definition) is 1. The zero-order valence-electron chi connectivity index (χ0n) is 18.1. The van der Waals surface area contributed by atoms with E-state index < -0.39 is 6.09 Å². The Kier molecular flexibility index (Phi) is 5.61. The van der Waals surface area contributed by atoms with E-state index in [9.17, 15) is 4.79 Å². The normalized spacial score (nSPS) is 21.2. The minimum Gasteiger partial charge on any atom is -0.490 e. The van der Waals surface area contributed by atoms with Crippen molar-refractivity contribution in [2.75, 3.05) is 26.2 Å². The van der Waals surface area contributed by atoms with Crippen LogP contribution in [0.1, 0.15) is 42.4 Å². The van der Waals surface area contributed by atoms with Crippen molar-refractivity contribution in [3.05, 3.63) is 65.2 Å². The van der Waals surface area contributed by atoms with Crippen LogP contribution < -0.4 is 4.74 Å². The van der Waals surface area contributed by atoms with E-state index in [0.29, 0.717) is 18.5 Å². The number of benzene rings is 2. The van der Waals surface area contributed by atoms with Gasteiger partial charge in [-0.05, 0) is 73.0 Å². The van der Waals surface area contributed by atoms with E-state index in [-0.39, 0.29) is 6.10 Å². The number of ether oxygens (including phenoxy) is 1. The molecule has 2 aromatic rings. The number of nitrogens with zero attached hydrogens (tertiary/aromatic N) is 2. The highest BCUT2D eigenvalue weighted by molar-refractivity contribution is 5.65. The lowest BCUT2D eigenvalue weighted by Gasteiger charge is -2.39. The number of likely N-dealkylation sites (tertiary alicyclic amines) is 2. The molecule has 164 valence electrons. The Morgan fingerprint density at radius 1 is 0.968 bits per heavy atom. The predicted octanol–water partition coefficient (Wildman–Crippen LogP) is 4.59. The Labute approximate surface area is 184 Å². The summed E-state index contributed by atoms with van der Waals surface area (Å²) in [5.41, 5.74) is 4.77. The maximum atomic E-state index is 11.1. The topological polar surface area (TPSA) is 53.0 Å². The van der Waals surface area contributed by atoms with Crippen LogP contribution in [0.15, 0.2) is 48.5 Å². The van der Waals surface area contributed by atoms with Gasteiger partial charge in [-0.3, -0.25) is 4.90 Å². The maximum Gasteiger partial charge on any atom is 0.407 e. The number of rotatable bonds is 4. The Hall–Kier alpha value is -2.53. The predicted molar refractivity (Wildman–Crippen MR) is 120 cm³/mol. The number of amides is 1. The van der Waals surface area contributed by atoms with E-state index in [2.05, 4.69) is 53.4 Å². The molecular weight excluding hydrogens is 388 g/mol. The fraction of sp³-hybridized carbons (Fsp3) is 0.500. The van der Waals surface area contributed by atoms with Gasteiger partial charge in [-0.2, -0.15) is 0 Å². The molecule has 1 aliphatic carbocycles. The van der Waals surface area contributed by atoms with Gasteiger partial charge in [-0.15, -0.1) is 0 Å². The lowest BCUT2D eigenvalue weighted by molar-refractivity contribution is 0.0894. The summed E-state index contributed by atoms with van der Waals surface area (Å²) in [5, 5.41) is 9.11. The Morgan fingerprint density at radius 2 is 1.68 bits per heavy atom. The van der Waals surface area contributed by atoms with Crippen molar-refractivity contribution in [1.82, 2.24) is 9.80 Å². The summed E-state index contributed by atoms with van der Waals surface area (Å²) in [6.45, 7) is 4.53. The lowest BCUT2D eigenvalue weighted by atomic mass is 9.76. The van der Waals surface area contributed by atoms with Crippen LogP contribution in [0.3, 0.4) is 0 Å². The van der Waals surface area contributed by atoms with Crippen LogP contribution in [0.25, 0.3) is 0 Å².